The summed E-state index contributed by atoms with van der Waals surface area (Å²) in [7, 11) is 0. The van der Waals surface area contributed by atoms with Crippen LogP contribution in [0.2, 0.25) is 0 Å². The van der Waals surface area contributed by atoms with Crippen molar-refractivity contribution >= 4 is 17.1 Å². The van der Waals surface area contributed by atoms with Gasteiger partial charge in [0.25, 0.3) is 0 Å². The summed E-state index contributed by atoms with van der Waals surface area (Å²) in [6.45, 7) is 4.97. The normalized spacial score (nSPS) is 17.0. The standard InChI is InChI=1S/C21H24N4O/c1-2-25-19-11-7-6-10-18(19)23-20(25)14-22-21(26)24-13-12-17(15-24)16-8-4-3-5-9-16/h3-11,17H,2,12-15H2,1H3,(H,22,26)/t17-/m1/s1. The minimum atomic E-state index is -0.00172. The van der Waals surface area contributed by atoms with Crippen molar-refractivity contribution in [2.24, 2.45) is 0 Å². The summed E-state index contributed by atoms with van der Waals surface area (Å²) in [5.74, 6) is 1.34. The van der Waals surface area contributed by atoms with Crippen LogP contribution >= 0.6 is 0 Å². The number of nitrogens with one attached hydrogen (secondary N) is 1. The molecule has 0 radical (unpaired) electrons. The summed E-state index contributed by atoms with van der Waals surface area (Å²) in [4.78, 5) is 19.2. The van der Waals surface area contributed by atoms with Gasteiger partial charge in [-0.15, -0.1) is 0 Å². The Kier molecular flexibility index (Phi) is 4.61. The molecule has 0 aliphatic carbocycles. The van der Waals surface area contributed by atoms with Gasteiger partial charge >= 0.3 is 6.03 Å². The molecule has 5 heteroatoms. The number of benzene rings is 2. The van der Waals surface area contributed by atoms with Crippen LogP contribution in [0.5, 0.6) is 0 Å². The lowest BCUT2D eigenvalue weighted by Crippen LogP contribution is -2.38. The summed E-state index contributed by atoms with van der Waals surface area (Å²) in [5, 5.41) is 3.05. The van der Waals surface area contributed by atoms with Gasteiger partial charge < -0.3 is 14.8 Å². The number of aromatic nitrogens is 2. The van der Waals surface area contributed by atoms with Crippen LogP contribution in [0.4, 0.5) is 4.79 Å². The monoisotopic (exact) mass is 348 g/mol. The number of imidazole rings is 1. The Morgan fingerprint density at radius 3 is 2.73 bits per heavy atom. The third-order valence-electron chi connectivity index (χ3n) is 5.19. The number of fused-ring (bicyclic) bond motifs is 1. The molecule has 1 atom stereocenters. The molecule has 0 bridgehead atoms. The molecule has 1 fully saturated rings. The lowest BCUT2D eigenvalue weighted by atomic mass is 9.99. The second kappa shape index (κ2) is 7.20. The van der Waals surface area contributed by atoms with E-state index in [2.05, 4.69) is 52.1 Å². The highest BCUT2D eigenvalue weighted by atomic mass is 16.2. The summed E-state index contributed by atoms with van der Waals surface area (Å²) < 4.78 is 2.16. The van der Waals surface area contributed by atoms with Gasteiger partial charge in [0, 0.05) is 25.6 Å². The van der Waals surface area contributed by atoms with E-state index >= 15 is 0 Å². The van der Waals surface area contributed by atoms with Crippen molar-refractivity contribution < 1.29 is 4.79 Å². The van der Waals surface area contributed by atoms with Gasteiger partial charge in [-0.3, -0.25) is 0 Å². The van der Waals surface area contributed by atoms with Crippen LogP contribution in [0.3, 0.4) is 0 Å². The van der Waals surface area contributed by atoms with E-state index in [4.69, 9.17) is 0 Å². The molecule has 0 saturated carbocycles. The number of hydrogen-bond acceptors (Lipinski definition) is 2. The molecule has 4 rings (SSSR count). The molecule has 5 nitrogen and oxygen atoms in total. The highest BCUT2D eigenvalue weighted by molar-refractivity contribution is 5.77. The number of amides is 2. The molecule has 26 heavy (non-hydrogen) atoms. The number of carbonyl (C=O) groups is 1. The maximum atomic E-state index is 12.6. The van der Waals surface area contributed by atoms with E-state index in [0.717, 1.165) is 42.9 Å². The molecule has 2 heterocycles. The summed E-state index contributed by atoms with van der Waals surface area (Å²) in [6, 6.07) is 18.5. The van der Waals surface area contributed by atoms with Gasteiger partial charge in [-0.25, -0.2) is 9.78 Å². The van der Waals surface area contributed by atoms with Crippen molar-refractivity contribution in [1.29, 1.82) is 0 Å². The molecule has 1 saturated heterocycles. The molecule has 1 aromatic heterocycles. The van der Waals surface area contributed by atoms with Crippen LogP contribution in [-0.4, -0.2) is 33.6 Å². The van der Waals surface area contributed by atoms with Crippen LogP contribution in [0.25, 0.3) is 11.0 Å². The van der Waals surface area contributed by atoms with Gasteiger partial charge in [0.2, 0.25) is 0 Å². The van der Waals surface area contributed by atoms with Crippen molar-refractivity contribution in [3.05, 3.63) is 66.0 Å². The zero-order valence-corrected chi connectivity index (χ0v) is 15.1. The third kappa shape index (κ3) is 3.17. The van der Waals surface area contributed by atoms with Crippen LogP contribution < -0.4 is 5.32 Å². The van der Waals surface area contributed by atoms with Gasteiger partial charge in [0.1, 0.15) is 5.82 Å². The first-order valence-electron chi connectivity index (χ1n) is 9.28. The Hall–Kier alpha value is -2.82. The highest BCUT2D eigenvalue weighted by Gasteiger charge is 2.27. The van der Waals surface area contributed by atoms with Crippen molar-refractivity contribution in [2.75, 3.05) is 13.1 Å². The second-order valence-corrected chi connectivity index (χ2v) is 6.76. The fourth-order valence-corrected chi connectivity index (χ4v) is 3.82. The average Bonchev–Trinajstić information content (AvgIpc) is 3.31. The molecule has 1 N–H and O–H groups in total. The molecule has 0 unspecified atom stereocenters. The number of para-hydroxylation sites is 2. The Labute approximate surface area is 153 Å². The van der Waals surface area contributed by atoms with E-state index in [1.807, 2.05) is 29.2 Å². The Bertz CT molecular complexity index is 903. The minimum absolute atomic E-state index is 0.00172. The summed E-state index contributed by atoms with van der Waals surface area (Å²) in [6.07, 6.45) is 1.02. The smallest absolute Gasteiger partial charge is 0.317 e. The average molecular weight is 348 g/mol. The van der Waals surface area contributed by atoms with E-state index in [0.29, 0.717) is 12.5 Å². The quantitative estimate of drug-likeness (QED) is 0.780. The first-order valence-corrected chi connectivity index (χ1v) is 9.28. The highest BCUT2D eigenvalue weighted by Crippen LogP contribution is 2.26. The zero-order valence-electron chi connectivity index (χ0n) is 15.1. The SMILES string of the molecule is CCn1c(CNC(=O)N2CC[C@@H](c3ccccc3)C2)nc2ccccc21. The fourth-order valence-electron chi connectivity index (χ4n) is 3.82. The molecule has 3 aromatic rings. The molecular weight excluding hydrogens is 324 g/mol. The van der Waals surface area contributed by atoms with E-state index in [9.17, 15) is 4.79 Å². The minimum Gasteiger partial charge on any atom is -0.331 e. The molecule has 2 amide bonds. The predicted molar refractivity (Wildman–Crippen MR) is 103 cm³/mol. The number of urea groups is 1. The number of rotatable bonds is 4. The van der Waals surface area contributed by atoms with E-state index in [1.165, 1.54) is 5.56 Å². The summed E-state index contributed by atoms with van der Waals surface area (Å²) >= 11 is 0. The van der Waals surface area contributed by atoms with Crippen molar-refractivity contribution in [1.82, 2.24) is 19.8 Å². The maximum absolute atomic E-state index is 12.6. The predicted octanol–water partition coefficient (Wildman–Crippen LogP) is 3.76. The molecule has 1 aliphatic heterocycles. The summed E-state index contributed by atoms with van der Waals surface area (Å²) in [5.41, 5.74) is 3.41. The third-order valence-corrected chi connectivity index (χ3v) is 5.19. The first kappa shape index (κ1) is 16.6. The number of nitrogens with zero attached hydrogens (tertiary/aromatic N) is 3. The largest absolute Gasteiger partial charge is 0.331 e. The van der Waals surface area contributed by atoms with E-state index in [1.54, 1.807) is 0 Å². The van der Waals surface area contributed by atoms with Gasteiger partial charge in [-0.05, 0) is 31.0 Å². The molecule has 0 spiro atoms. The van der Waals surface area contributed by atoms with E-state index < -0.39 is 0 Å². The molecule has 1 aliphatic rings. The number of likely N-dealkylation sites (tertiary alicyclic amines) is 1. The van der Waals surface area contributed by atoms with Gasteiger partial charge in [-0.1, -0.05) is 42.5 Å². The topological polar surface area (TPSA) is 50.2 Å². The Morgan fingerprint density at radius 2 is 1.92 bits per heavy atom. The lowest BCUT2D eigenvalue weighted by Gasteiger charge is -2.17. The van der Waals surface area contributed by atoms with Crippen LogP contribution in [0.1, 0.15) is 30.7 Å². The number of aryl methyl sites for hydroxylation is 1. The number of carbonyl (C=O) groups excluding carboxylic acids is 1. The molecule has 2 aromatic carbocycles. The molecular formula is C21H24N4O. The lowest BCUT2D eigenvalue weighted by molar-refractivity contribution is 0.207. The Balaban J connectivity index is 1.40. The van der Waals surface area contributed by atoms with Gasteiger partial charge in [0.15, 0.2) is 0 Å². The fraction of sp³-hybridized carbons (Fsp3) is 0.333. The zero-order chi connectivity index (χ0) is 17.9. The van der Waals surface area contributed by atoms with Crippen molar-refractivity contribution in [3.63, 3.8) is 0 Å². The molecule has 134 valence electrons. The Morgan fingerprint density at radius 1 is 1.15 bits per heavy atom. The second-order valence-electron chi connectivity index (χ2n) is 6.76. The number of hydrogen-bond donors (Lipinski definition) is 1. The van der Waals surface area contributed by atoms with Crippen molar-refractivity contribution in [3.8, 4) is 0 Å². The van der Waals surface area contributed by atoms with Crippen LogP contribution in [0.15, 0.2) is 54.6 Å². The van der Waals surface area contributed by atoms with Crippen LogP contribution in [-0.2, 0) is 13.1 Å². The first-order chi connectivity index (χ1) is 12.8. The van der Waals surface area contributed by atoms with Crippen LogP contribution in [0, 0.1) is 0 Å². The van der Waals surface area contributed by atoms with E-state index in [-0.39, 0.29) is 6.03 Å². The van der Waals surface area contributed by atoms with Crippen molar-refractivity contribution in [2.45, 2.75) is 32.4 Å². The maximum Gasteiger partial charge on any atom is 0.317 e. The van der Waals surface area contributed by atoms with Gasteiger partial charge in [0.05, 0.1) is 17.6 Å². The van der Waals surface area contributed by atoms with Gasteiger partial charge in [-0.2, -0.15) is 0 Å².